The number of hydrogen-bond acceptors (Lipinski definition) is 4. The van der Waals surface area contributed by atoms with Crippen LogP contribution in [0.5, 0.6) is 0 Å². The van der Waals surface area contributed by atoms with Crippen molar-refractivity contribution in [2.24, 2.45) is 11.8 Å². The molecule has 106 valence electrons. The molecule has 0 fully saturated rings. The third kappa shape index (κ3) is 6.56. The van der Waals surface area contributed by atoms with Crippen LogP contribution in [0, 0.1) is 5.92 Å². The highest BCUT2D eigenvalue weighted by Gasteiger charge is 2.23. The highest BCUT2D eigenvalue weighted by atomic mass is 16.2. The van der Waals surface area contributed by atoms with Gasteiger partial charge in [0.25, 0.3) is 5.91 Å². The number of rotatable bonds is 8. The van der Waals surface area contributed by atoms with Gasteiger partial charge in [0.05, 0.1) is 12.6 Å². The number of hydrogen-bond donors (Lipinski definition) is 3. The van der Waals surface area contributed by atoms with Crippen molar-refractivity contribution in [1.29, 1.82) is 0 Å². The summed E-state index contributed by atoms with van der Waals surface area (Å²) in [7, 11) is 1.75. The number of carbonyl (C=O) groups is 2. The maximum atomic E-state index is 11.7. The molecule has 0 aliphatic heterocycles. The summed E-state index contributed by atoms with van der Waals surface area (Å²) in [5, 5.41) is 2.82. The van der Waals surface area contributed by atoms with Crippen LogP contribution in [0.2, 0.25) is 0 Å². The zero-order valence-electron chi connectivity index (χ0n) is 11.8. The van der Waals surface area contributed by atoms with E-state index in [0.29, 0.717) is 18.9 Å². The van der Waals surface area contributed by atoms with Crippen molar-refractivity contribution < 1.29 is 9.59 Å². The molecule has 0 saturated heterocycles. The fourth-order valence-corrected chi connectivity index (χ4v) is 1.63. The van der Waals surface area contributed by atoms with Crippen LogP contribution in [-0.2, 0) is 9.59 Å². The van der Waals surface area contributed by atoms with Crippen molar-refractivity contribution in [3.8, 4) is 0 Å². The Kier molecular flexibility index (Phi) is 8.32. The molecule has 6 nitrogen and oxygen atoms in total. The van der Waals surface area contributed by atoms with Gasteiger partial charge in [-0.1, -0.05) is 27.2 Å². The van der Waals surface area contributed by atoms with Crippen molar-refractivity contribution in [3.05, 3.63) is 0 Å². The maximum absolute atomic E-state index is 11.7. The number of nitrogens with two attached hydrogens (primary N) is 1. The Morgan fingerprint density at radius 3 is 2.39 bits per heavy atom. The van der Waals surface area contributed by atoms with E-state index in [1.165, 1.54) is 0 Å². The zero-order chi connectivity index (χ0) is 14.1. The average molecular weight is 258 g/mol. The van der Waals surface area contributed by atoms with E-state index in [2.05, 4.69) is 10.7 Å². The molecule has 0 aromatic rings. The molecule has 0 aromatic heterocycles. The van der Waals surface area contributed by atoms with Gasteiger partial charge in [-0.15, -0.1) is 0 Å². The minimum absolute atomic E-state index is 0.0721. The Morgan fingerprint density at radius 1 is 1.33 bits per heavy atom. The predicted molar refractivity (Wildman–Crippen MR) is 71.5 cm³/mol. The number of amides is 2. The van der Waals surface area contributed by atoms with E-state index in [9.17, 15) is 9.59 Å². The lowest BCUT2D eigenvalue weighted by atomic mass is 10.1. The minimum Gasteiger partial charge on any atom is -0.355 e. The third-order valence-electron chi connectivity index (χ3n) is 2.64. The van der Waals surface area contributed by atoms with Crippen molar-refractivity contribution in [1.82, 2.24) is 15.6 Å². The summed E-state index contributed by atoms with van der Waals surface area (Å²) in [5.74, 6) is 5.23. The number of nitrogens with one attached hydrogen (secondary N) is 2. The van der Waals surface area contributed by atoms with E-state index in [0.717, 1.165) is 6.42 Å². The molecule has 0 aliphatic rings. The number of likely N-dealkylation sites (N-methyl/N-ethyl adjacent to an activating group) is 1. The van der Waals surface area contributed by atoms with Crippen molar-refractivity contribution >= 4 is 11.8 Å². The number of hydrazine groups is 1. The van der Waals surface area contributed by atoms with Crippen LogP contribution in [-0.4, -0.2) is 42.9 Å². The van der Waals surface area contributed by atoms with Gasteiger partial charge in [0.15, 0.2) is 0 Å². The molecule has 0 aliphatic carbocycles. The molecular formula is C12H26N4O2. The molecule has 0 radical (unpaired) electrons. The van der Waals surface area contributed by atoms with Crippen molar-refractivity contribution in [2.75, 3.05) is 20.1 Å². The fraction of sp³-hybridized carbons (Fsp3) is 0.833. The standard InChI is InChI=1S/C12H26N4O2/c1-5-6-10(12(18)15-13)16(4)8-11(17)14-7-9(2)3/h9-10H,5-8,13H2,1-4H3,(H,14,17)(H,15,18). The lowest BCUT2D eigenvalue weighted by molar-refractivity contribution is -0.128. The Labute approximate surface area is 109 Å². The maximum Gasteiger partial charge on any atom is 0.251 e. The smallest absolute Gasteiger partial charge is 0.251 e. The summed E-state index contributed by atoms with van der Waals surface area (Å²) < 4.78 is 0. The van der Waals surface area contributed by atoms with Crippen LogP contribution in [0.4, 0.5) is 0 Å². The van der Waals surface area contributed by atoms with Gasteiger partial charge in [0, 0.05) is 6.54 Å². The summed E-state index contributed by atoms with van der Waals surface area (Å²) in [6.45, 7) is 6.90. The van der Waals surface area contributed by atoms with Crippen LogP contribution >= 0.6 is 0 Å². The summed E-state index contributed by atoms with van der Waals surface area (Å²) in [6.07, 6.45) is 1.53. The largest absolute Gasteiger partial charge is 0.355 e. The predicted octanol–water partition coefficient (Wildman–Crippen LogP) is -0.151. The average Bonchev–Trinajstić information content (AvgIpc) is 2.32. The highest BCUT2D eigenvalue weighted by molar-refractivity contribution is 5.83. The second-order valence-electron chi connectivity index (χ2n) is 4.93. The normalized spacial score (nSPS) is 12.6. The van der Waals surface area contributed by atoms with Gasteiger partial charge in [-0.2, -0.15) is 0 Å². The van der Waals surface area contributed by atoms with Gasteiger partial charge in [-0.3, -0.25) is 19.9 Å². The summed E-state index contributed by atoms with van der Waals surface area (Å²) >= 11 is 0. The molecule has 6 heteroatoms. The van der Waals surface area contributed by atoms with Crippen molar-refractivity contribution in [3.63, 3.8) is 0 Å². The van der Waals surface area contributed by atoms with Crippen LogP contribution in [0.1, 0.15) is 33.6 Å². The lowest BCUT2D eigenvalue weighted by Gasteiger charge is -2.25. The van der Waals surface area contributed by atoms with Gasteiger partial charge in [-0.05, 0) is 19.4 Å². The third-order valence-corrected chi connectivity index (χ3v) is 2.64. The van der Waals surface area contributed by atoms with Gasteiger partial charge in [0.1, 0.15) is 0 Å². The molecular weight excluding hydrogens is 232 g/mol. The lowest BCUT2D eigenvalue weighted by Crippen LogP contribution is -2.50. The van der Waals surface area contributed by atoms with Crippen LogP contribution < -0.4 is 16.6 Å². The molecule has 0 spiro atoms. The van der Waals surface area contributed by atoms with Crippen LogP contribution in [0.25, 0.3) is 0 Å². The Balaban J connectivity index is 4.28. The van der Waals surface area contributed by atoms with E-state index in [1.54, 1.807) is 11.9 Å². The molecule has 0 saturated carbocycles. The second-order valence-corrected chi connectivity index (χ2v) is 4.93. The summed E-state index contributed by atoms with van der Waals surface area (Å²) in [4.78, 5) is 25.0. The van der Waals surface area contributed by atoms with E-state index in [1.807, 2.05) is 20.8 Å². The van der Waals surface area contributed by atoms with Crippen molar-refractivity contribution in [2.45, 2.75) is 39.7 Å². The first-order chi connectivity index (χ1) is 8.42. The number of nitrogens with zero attached hydrogens (tertiary/aromatic N) is 1. The zero-order valence-corrected chi connectivity index (χ0v) is 11.8. The first kappa shape index (κ1) is 16.9. The molecule has 0 aromatic carbocycles. The van der Waals surface area contributed by atoms with Gasteiger partial charge in [0.2, 0.25) is 5.91 Å². The quantitative estimate of drug-likeness (QED) is 0.321. The van der Waals surface area contributed by atoms with Gasteiger partial charge >= 0.3 is 0 Å². The van der Waals surface area contributed by atoms with E-state index < -0.39 is 0 Å². The Morgan fingerprint density at radius 2 is 1.94 bits per heavy atom. The Hall–Kier alpha value is -1.14. The summed E-state index contributed by atoms with van der Waals surface area (Å²) in [5.41, 5.74) is 2.14. The van der Waals surface area contributed by atoms with Gasteiger partial charge in [-0.25, -0.2) is 5.84 Å². The molecule has 0 heterocycles. The molecule has 2 amide bonds. The first-order valence-corrected chi connectivity index (χ1v) is 6.39. The molecule has 1 unspecified atom stereocenters. The van der Waals surface area contributed by atoms with Crippen LogP contribution in [0.15, 0.2) is 0 Å². The summed E-state index contributed by atoms with van der Waals surface area (Å²) in [6, 6.07) is -0.357. The molecule has 0 bridgehead atoms. The second kappa shape index (κ2) is 8.88. The first-order valence-electron chi connectivity index (χ1n) is 6.39. The fourth-order valence-electron chi connectivity index (χ4n) is 1.63. The minimum atomic E-state index is -0.357. The molecule has 4 N–H and O–H groups in total. The SMILES string of the molecule is CCCC(C(=O)NN)N(C)CC(=O)NCC(C)C. The Bertz CT molecular complexity index is 269. The van der Waals surface area contributed by atoms with E-state index in [-0.39, 0.29) is 24.4 Å². The monoisotopic (exact) mass is 258 g/mol. The number of carbonyl (C=O) groups excluding carboxylic acids is 2. The van der Waals surface area contributed by atoms with E-state index >= 15 is 0 Å². The highest BCUT2D eigenvalue weighted by Crippen LogP contribution is 2.04. The molecule has 1 atom stereocenters. The molecule has 18 heavy (non-hydrogen) atoms. The molecule has 0 rings (SSSR count). The topological polar surface area (TPSA) is 87.5 Å². The van der Waals surface area contributed by atoms with Crippen LogP contribution in [0.3, 0.4) is 0 Å². The van der Waals surface area contributed by atoms with E-state index in [4.69, 9.17) is 5.84 Å². The van der Waals surface area contributed by atoms with Gasteiger partial charge < -0.3 is 5.32 Å².